The third-order valence-corrected chi connectivity index (χ3v) is 2.93. The van der Waals surface area contributed by atoms with E-state index in [0.717, 1.165) is 41.9 Å². The summed E-state index contributed by atoms with van der Waals surface area (Å²) in [5, 5.41) is 3.35. The number of hydrogen-bond donors (Lipinski definition) is 2. The van der Waals surface area contributed by atoms with E-state index in [1.807, 2.05) is 36.7 Å². The van der Waals surface area contributed by atoms with Crippen molar-refractivity contribution in [3.8, 4) is 0 Å². The Morgan fingerprint density at radius 2 is 2.00 bits per heavy atom. The number of imidazole rings is 1. The highest BCUT2D eigenvalue weighted by molar-refractivity contribution is 5.73. The number of nitrogens with one attached hydrogen (secondary N) is 2. The van der Waals surface area contributed by atoms with Crippen molar-refractivity contribution in [3.63, 3.8) is 0 Å². The molecule has 0 aliphatic heterocycles. The monoisotopic (exact) mass is 253 g/mol. The molecule has 96 valence electrons. The van der Waals surface area contributed by atoms with Crippen molar-refractivity contribution in [1.29, 1.82) is 0 Å². The molecule has 0 radical (unpaired) electrons. The van der Waals surface area contributed by atoms with Crippen molar-refractivity contribution in [2.75, 3.05) is 6.54 Å². The fourth-order valence-electron chi connectivity index (χ4n) is 1.94. The first-order valence-corrected chi connectivity index (χ1v) is 6.30. The predicted molar refractivity (Wildman–Crippen MR) is 73.5 cm³/mol. The number of aromatic amines is 1. The van der Waals surface area contributed by atoms with E-state index < -0.39 is 0 Å². The van der Waals surface area contributed by atoms with Crippen LogP contribution in [0.3, 0.4) is 0 Å². The Morgan fingerprint density at radius 3 is 2.84 bits per heavy atom. The molecule has 0 aliphatic rings. The highest BCUT2D eigenvalue weighted by Crippen LogP contribution is 2.08. The van der Waals surface area contributed by atoms with Gasteiger partial charge in [0, 0.05) is 31.4 Å². The van der Waals surface area contributed by atoms with Crippen molar-refractivity contribution in [1.82, 2.24) is 25.3 Å². The summed E-state index contributed by atoms with van der Waals surface area (Å²) in [4.78, 5) is 16.0. The molecule has 2 heterocycles. The Kier molecular flexibility index (Phi) is 3.47. The van der Waals surface area contributed by atoms with Gasteiger partial charge in [0.05, 0.1) is 29.3 Å². The largest absolute Gasteiger partial charge is 0.348 e. The fourth-order valence-corrected chi connectivity index (χ4v) is 1.94. The lowest BCUT2D eigenvalue weighted by molar-refractivity contribution is 0.669. The fraction of sp³-hybridized carbons (Fsp3) is 0.214. The minimum atomic E-state index is 0.728. The molecule has 2 aromatic heterocycles. The van der Waals surface area contributed by atoms with E-state index >= 15 is 0 Å². The molecule has 0 bridgehead atoms. The van der Waals surface area contributed by atoms with E-state index in [4.69, 9.17) is 0 Å². The van der Waals surface area contributed by atoms with Crippen molar-refractivity contribution >= 4 is 11.0 Å². The molecule has 19 heavy (non-hydrogen) atoms. The third kappa shape index (κ3) is 2.95. The van der Waals surface area contributed by atoms with Crippen LogP contribution in [0.25, 0.3) is 11.0 Å². The van der Waals surface area contributed by atoms with Crippen LogP contribution in [0.15, 0.2) is 43.0 Å². The van der Waals surface area contributed by atoms with Crippen LogP contribution < -0.4 is 5.32 Å². The average molecular weight is 253 g/mol. The third-order valence-electron chi connectivity index (χ3n) is 2.93. The van der Waals surface area contributed by atoms with Crippen LogP contribution in [0, 0.1) is 0 Å². The molecule has 5 nitrogen and oxygen atoms in total. The van der Waals surface area contributed by atoms with Gasteiger partial charge in [-0.15, -0.1) is 0 Å². The maximum absolute atomic E-state index is 4.56. The molecule has 0 fully saturated rings. The van der Waals surface area contributed by atoms with Gasteiger partial charge in [0.1, 0.15) is 0 Å². The molecule has 0 unspecified atom stereocenters. The summed E-state index contributed by atoms with van der Waals surface area (Å²) in [5.41, 5.74) is 3.97. The van der Waals surface area contributed by atoms with Gasteiger partial charge in [0.15, 0.2) is 0 Å². The summed E-state index contributed by atoms with van der Waals surface area (Å²) >= 11 is 0. The molecule has 0 spiro atoms. The minimum absolute atomic E-state index is 0.728. The van der Waals surface area contributed by atoms with E-state index in [9.17, 15) is 0 Å². The van der Waals surface area contributed by atoms with Crippen molar-refractivity contribution in [3.05, 3.63) is 54.4 Å². The lowest BCUT2D eigenvalue weighted by atomic mass is 10.3. The van der Waals surface area contributed by atoms with E-state index in [0.29, 0.717) is 0 Å². The first-order valence-electron chi connectivity index (χ1n) is 6.30. The van der Waals surface area contributed by atoms with Crippen LogP contribution in [0.4, 0.5) is 0 Å². The zero-order valence-corrected chi connectivity index (χ0v) is 10.5. The molecule has 2 N–H and O–H groups in total. The van der Waals surface area contributed by atoms with Gasteiger partial charge in [-0.2, -0.15) is 0 Å². The predicted octanol–water partition coefficient (Wildman–Crippen LogP) is 1.69. The summed E-state index contributed by atoms with van der Waals surface area (Å²) in [6, 6.07) is 7.90. The number of H-pyrrole nitrogens is 1. The van der Waals surface area contributed by atoms with Crippen LogP contribution >= 0.6 is 0 Å². The van der Waals surface area contributed by atoms with Gasteiger partial charge in [0.2, 0.25) is 0 Å². The zero-order valence-electron chi connectivity index (χ0n) is 10.5. The number of rotatable bonds is 5. The van der Waals surface area contributed by atoms with Gasteiger partial charge in [-0.3, -0.25) is 4.98 Å². The normalized spacial score (nSPS) is 10.9. The smallest absolute Gasteiger partial charge is 0.0921 e. The Hall–Kier alpha value is -2.27. The van der Waals surface area contributed by atoms with Crippen LogP contribution in [0.5, 0.6) is 0 Å². The van der Waals surface area contributed by atoms with E-state index in [1.54, 1.807) is 6.33 Å². The van der Waals surface area contributed by atoms with Crippen molar-refractivity contribution in [2.24, 2.45) is 0 Å². The van der Waals surface area contributed by atoms with Gasteiger partial charge in [-0.1, -0.05) is 12.1 Å². The molecule has 0 amide bonds. The molecule has 1 aromatic carbocycles. The molecular weight excluding hydrogens is 238 g/mol. The lowest BCUT2D eigenvalue weighted by Crippen LogP contribution is -2.17. The van der Waals surface area contributed by atoms with Crippen molar-refractivity contribution < 1.29 is 0 Å². The zero-order chi connectivity index (χ0) is 12.9. The number of fused-ring (bicyclic) bond motifs is 1. The minimum Gasteiger partial charge on any atom is -0.348 e. The molecule has 5 heteroatoms. The van der Waals surface area contributed by atoms with Gasteiger partial charge in [0.25, 0.3) is 0 Å². The van der Waals surface area contributed by atoms with E-state index in [2.05, 4.69) is 25.3 Å². The molecular formula is C14H15N5. The summed E-state index contributed by atoms with van der Waals surface area (Å²) in [6.45, 7) is 1.61. The number of nitrogens with zero attached hydrogens (tertiary/aromatic N) is 3. The molecule has 0 saturated heterocycles. The Morgan fingerprint density at radius 1 is 1.11 bits per heavy atom. The number of benzene rings is 1. The second kappa shape index (κ2) is 5.58. The van der Waals surface area contributed by atoms with E-state index in [1.165, 1.54) is 0 Å². The van der Waals surface area contributed by atoms with Crippen LogP contribution in [0.2, 0.25) is 0 Å². The lowest BCUT2D eigenvalue weighted by Gasteiger charge is -2.04. The van der Waals surface area contributed by atoms with Gasteiger partial charge in [-0.05, 0) is 12.1 Å². The van der Waals surface area contributed by atoms with Gasteiger partial charge in [-0.25, -0.2) is 9.97 Å². The quantitative estimate of drug-likeness (QED) is 0.679. The molecule has 0 aliphatic carbocycles. The first-order chi connectivity index (χ1) is 9.42. The van der Waals surface area contributed by atoms with Crippen molar-refractivity contribution in [2.45, 2.75) is 13.0 Å². The number of para-hydroxylation sites is 2. The second-order valence-corrected chi connectivity index (χ2v) is 4.35. The maximum atomic E-state index is 4.56. The van der Waals surface area contributed by atoms with Crippen LogP contribution in [-0.2, 0) is 13.0 Å². The summed E-state index contributed by atoms with van der Waals surface area (Å²) in [5.74, 6) is 0. The van der Waals surface area contributed by atoms with Crippen LogP contribution in [0.1, 0.15) is 11.4 Å². The summed E-state index contributed by atoms with van der Waals surface area (Å²) < 4.78 is 0. The standard InChI is InChI=1S/C14H15N5/c1-2-4-14-13(3-1)17-9-12(19-14)8-15-6-5-11-7-16-10-18-11/h1-4,7,9-10,15H,5-6,8H2,(H,16,18). The summed E-state index contributed by atoms with van der Waals surface area (Å²) in [6.07, 6.45) is 6.30. The number of aromatic nitrogens is 4. The van der Waals surface area contributed by atoms with Gasteiger partial charge < -0.3 is 10.3 Å². The maximum Gasteiger partial charge on any atom is 0.0921 e. The molecule has 0 saturated carbocycles. The first kappa shape index (κ1) is 11.8. The summed E-state index contributed by atoms with van der Waals surface area (Å²) in [7, 11) is 0. The van der Waals surface area contributed by atoms with E-state index in [-0.39, 0.29) is 0 Å². The van der Waals surface area contributed by atoms with Crippen LogP contribution in [-0.4, -0.2) is 26.5 Å². The number of hydrogen-bond acceptors (Lipinski definition) is 4. The second-order valence-electron chi connectivity index (χ2n) is 4.35. The topological polar surface area (TPSA) is 66.5 Å². The highest BCUT2D eigenvalue weighted by Gasteiger charge is 1.99. The Balaban J connectivity index is 1.56. The van der Waals surface area contributed by atoms with Gasteiger partial charge >= 0.3 is 0 Å². The molecule has 3 aromatic rings. The highest BCUT2D eigenvalue weighted by atomic mass is 14.9. The SMILES string of the molecule is c1ccc2nc(CNCCc3cnc[nH]3)cnc2c1. The Labute approximate surface area is 111 Å². The average Bonchev–Trinajstić information content (AvgIpc) is 2.97. The molecule has 3 rings (SSSR count). The Bertz CT molecular complexity index is 648. The molecule has 0 atom stereocenters.